The molecule has 3 amide bonds. The lowest BCUT2D eigenvalue weighted by atomic mass is 10.0. The molecule has 3 rings (SSSR count). The number of primary amides is 1. The number of benzene rings is 2. The Morgan fingerprint density at radius 3 is 2.23 bits per heavy atom. The van der Waals surface area contributed by atoms with Gasteiger partial charge < -0.3 is 27.2 Å². The lowest BCUT2D eigenvalue weighted by Gasteiger charge is -2.27. The number of carbonyl (C=O) groups is 3. The van der Waals surface area contributed by atoms with E-state index < -0.39 is 35.8 Å². The first-order valence-electron chi connectivity index (χ1n) is 11.4. The van der Waals surface area contributed by atoms with Gasteiger partial charge >= 0.3 is 0 Å². The average Bonchev–Trinajstić information content (AvgIpc) is 3.24. The van der Waals surface area contributed by atoms with Crippen molar-refractivity contribution in [3.8, 4) is 5.75 Å². The Kier molecular flexibility index (Phi) is 8.93. The van der Waals surface area contributed by atoms with E-state index in [4.69, 9.17) is 11.5 Å². The zero-order valence-corrected chi connectivity index (χ0v) is 19.6. The fourth-order valence-electron chi connectivity index (χ4n) is 3.83. The van der Waals surface area contributed by atoms with Gasteiger partial charge in [-0.1, -0.05) is 42.5 Å². The predicted octanol–water partition coefficient (Wildman–Crippen LogP) is -0.308. The number of rotatable bonds is 11. The zero-order valence-electron chi connectivity index (χ0n) is 19.6. The highest BCUT2D eigenvalue weighted by molar-refractivity contribution is 5.93. The van der Waals surface area contributed by atoms with Crippen LogP contribution in [0.3, 0.4) is 0 Å². The summed E-state index contributed by atoms with van der Waals surface area (Å²) in [6.07, 6.45) is 2.44. The summed E-state index contributed by atoms with van der Waals surface area (Å²) < 4.78 is 0. The van der Waals surface area contributed by atoms with Gasteiger partial charge in [-0.05, 0) is 43.1 Å². The lowest BCUT2D eigenvalue weighted by molar-refractivity contribution is -0.132. The molecule has 186 valence electrons. The van der Waals surface area contributed by atoms with E-state index in [2.05, 4.69) is 15.6 Å². The minimum atomic E-state index is -1.00. The van der Waals surface area contributed by atoms with Crippen molar-refractivity contribution in [1.29, 1.82) is 0 Å². The number of phenolic OH excluding ortho intramolecular Hbond substituents is 1. The Balaban J connectivity index is 1.70. The van der Waals surface area contributed by atoms with Crippen molar-refractivity contribution in [3.63, 3.8) is 0 Å². The molecule has 1 heterocycles. The fraction of sp³-hybridized carbons (Fsp3) is 0.360. The SMILES string of the molecule is CN1CN=CC1CC(NC(=O)C(N)Cc1ccccc1)C(=O)NC(Cc1ccc(O)cc1)C(N)=O. The molecule has 0 aromatic heterocycles. The van der Waals surface area contributed by atoms with Crippen LogP contribution < -0.4 is 22.1 Å². The number of carbonyl (C=O) groups excluding carboxylic acids is 3. The molecule has 2 aromatic rings. The summed E-state index contributed by atoms with van der Waals surface area (Å²) in [5.41, 5.74) is 13.3. The Morgan fingerprint density at radius 1 is 1.00 bits per heavy atom. The van der Waals surface area contributed by atoms with E-state index in [-0.39, 0.29) is 24.6 Å². The summed E-state index contributed by atoms with van der Waals surface area (Å²) in [7, 11) is 1.87. The normalized spacial score (nSPS) is 17.9. The third-order valence-corrected chi connectivity index (χ3v) is 5.93. The summed E-state index contributed by atoms with van der Waals surface area (Å²) in [6.45, 7) is 0.491. The molecule has 4 unspecified atom stereocenters. The van der Waals surface area contributed by atoms with E-state index in [9.17, 15) is 19.5 Å². The van der Waals surface area contributed by atoms with Crippen LogP contribution in [0, 0.1) is 0 Å². The van der Waals surface area contributed by atoms with Crippen molar-refractivity contribution in [2.75, 3.05) is 13.7 Å². The van der Waals surface area contributed by atoms with Crippen LogP contribution >= 0.6 is 0 Å². The topological polar surface area (TPSA) is 163 Å². The van der Waals surface area contributed by atoms with Crippen LogP contribution in [-0.4, -0.2) is 71.8 Å². The number of nitrogens with two attached hydrogens (primary N) is 2. The second kappa shape index (κ2) is 12.1. The van der Waals surface area contributed by atoms with Crippen molar-refractivity contribution in [2.24, 2.45) is 16.5 Å². The molecule has 10 nitrogen and oxygen atoms in total. The third kappa shape index (κ3) is 7.62. The molecule has 0 saturated heterocycles. The van der Waals surface area contributed by atoms with Gasteiger partial charge in [0.15, 0.2) is 0 Å². The summed E-state index contributed by atoms with van der Waals surface area (Å²) in [4.78, 5) is 44.4. The molecule has 1 aliphatic heterocycles. The standard InChI is InChI=1S/C25H32N6O4/c1-31-15-28-14-18(31)13-22(30-24(34)20(26)11-16-5-3-2-4-6-16)25(35)29-21(23(27)33)12-17-7-9-19(32)10-8-17/h2-10,14,18,20-22,32H,11-13,15,26H2,1H3,(H2,27,33)(H,29,35)(H,30,34). The lowest BCUT2D eigenvalue weighted by Crippen LogP contribution is -2.57. The number of aromatic hydroxyl groups is 1. The Labute approximate surface area is 204 Å². The first-order valence-corrected chi connectivity index (χ1v) is 11.4. The van der Waals surface area contributed by atoms with E-state index in [0.29, 0.717) is 18.7 Å². The molecule has 7 N–H and O–H groups in total. The van der Waals surface area contributed by atoms with Crippen LogP contribution in [0.2, 0.25) is 0 Å². The summed E-state index contributed by atoms with van der Waals surface area (Å²) in [5, 5.41) is 14.9. The van der Waals surface area contributed by atoms with Gasteiger partial charge in [0.2, 0.25) is 17.7 Å². The van der Waals surface area contributed by atoms with Crippen LogP contribution in [0.15, 0.2) is 59.6 Å². The van der Waals surface area contributed by atoms with Gasteiger partial charge in [0.25, 0.3) is 0 Å². The van der Waals surface area contributed by atoms with E-state index >= 15 is 0 Å². The molecule has 0 aliphatic carbocycles. The Hall–Kier alpha value is -3.76. The minimum absolute atomic E-state index is 0.0883. The van der Waals surface area contributed by atoms with Crippen LogP contribution in [0.1, 0.15) is 17.5 Å². The number of nitrogens with one attached hydrogen (secondary N) is 2. The zero-order chi connectivity index (χ0) is 25.4. The number of hydrogen-bond donors (Lipinski definition) is 5. The van der Waals surface area contributed by atoms with Crippen molar-refractivity contribution in [2.45, 2.75) is 43.4 Å². The van der Waals surface area contributed by atoms with Crippen molar-refractivity contribution in [3.05, 3.63) is 65.7 Å². The van der Waals surface area contributed by atoms with Gasteiger partial charge in [-0.25, -0.2) is 0 Å². The predicted molar refractivity (Wildman–Crippen MR) is 133 cm³/mol. The molecule has 4 atom stereocenters. The van der Waals surface area contributed by atoms with Gasteiger partial charge in [-0.3, -0.25) is 24.3 Å². The van der Waals surface area contributed by atoms with Crippen molar-refractivity contribution >= 4 is 23.9 Å². The van der Waals surface area contributed by atoms with E-state index in [1.165, 1.54) is 12.1 Å². The molecule has 1 aliphatic rings. The van der Waals surface area contributed by atoms with Crippen molar-refractivity contribution < 1.29 is 19.5 Å². The molecule has 10 heteroatoms. The Morgan fingerprint density at radius 2 is 1.63 bits per heavy atom. The van der Waals surface area contributed by atoms with E-state index in [1.807, 2.05) is 42.3 Å². The second-order valence-electron chi connectivity index (χ2n) is 8.72. The maximum atomic E-state index is 13.2. The van der Waals surface area contributed by atoms with Gasteiger partial charge in [0, 0.05) is 18.7 Å². The van der Waals surface area contributed by atoms with E-state index in [1.54, 1.807) is 18.3 Å². The number of phenols is 1. The molecule has 0 fully saturated rings. The van der Waals surface area contributed by atoms with Crippen LogP contribution in [0.25, 0.3) is 0 Å². The Bertz CT molecular complexity index is 1040. The number of amides is 3. The van der Waals surface area contributed by atoms with E-state index in [0.717, 1.165) is 5.56 Å². The summed E-state index contributed by atoms with van der Waals surface area (Å²) in [5.74, 6) is -1.63. The number of nitrogens with zero attached hydrogens (tertiary/aromatic N) is 2. The first-order chi connectivity index (χ1) is 16.7. The quantitative estimate of drug-likeness (QED) is 0.296. The molecular weight excluding hydrogens is 448 g/mol. The van der Waals surface area contributed by atoms with Crippen LogP contribution in [0.4, 0.5) is 0 Å². The molecule has 2 aromatic carbocycles. The van der Waals surface area contributed by atoms with Gasteiger partial charge in [0.05, 0.1) is 12.7 Å². The number of hydrogen-bond acceptors (Lipinski definition) is 7. The fourth-order valence-corrected chi connectivity index (χ4v) is 3.83. The second-order valence-corrected chi connectivity index (χ2v) is 8.72. The highest BCUT2D eigenvalue weighted by atomic mass is 16.3. The largest absolute Gasteiger partial charge is 0.508 e. The monoisotopic (exact) mass is 480 g/mol. The average molecular weight is 481 g/mol. The van der Waals surface area contributed by atoms with Gasteiger partial charge in [-0.15, -0.1) is 0 Å². The summed E-state index contributed by atoms with van der Waals surface area (Å²) >= 11 is 0. The third-order valence-electron chi connectivity index (χ3n) is 5.93. The molecular formula is C25H32N6O4. The molecule has 0 bridgehead atoms. The maximum Gasteiger partial charge on any atom is 0.243 e. The highest BCUT2D eigenvalue weighted by Gasteiger charge is 2.31. The molecule has 35 heavy (non-hydrogen) atoms. The highest BCUT2D eigenvalue weighted by Crippen LogP contribution is 2.13. The van der Waals surface area contributed by atoms with Gasteiger partial charge in [-0.2, -0.15) is 0 Å². The molecule has 0 radical (unpaired) electrons. The summed E-state index contributed by atoms with van der Waals surface area (Å²) in [6, 6.07) is 12.6. The smallest absolute Gasteiger partial charge is 0.243 e. The van der Waals surface area contributed by atoms with Crippen LogP contribution in [-0.2, 0) is 27.2 Å². The minimum Gasteiger partial charge on any atom is -0.508 e. The molecule has 0 spiro atoms. The number of aliphatic imine (C=N–C) groups is 1. The van der Waals surface area contributed by atoms with Crippen LogP contribution in [0.5, 0.6) is 5.75 Å². The maximum absolute atomic E-state index is 13.2. The van der Waals surface area contributed by atoms with Crippen molar-refractivity contribution in [1.82, 2.24) is 15.5 Å². The van der Waals surface area contributed by atoms with Gasteiger partial charge in [0.1, 0.15) is 17.8 Å². The first kappa shape index (κ1) is 25.9. The molecule has 0 saturated carbocycles.